The molecule has 0 bridgehead atoms. The van der Waals surface area contributed by atoms with Crippen LogP contribution in [0, 0.1) is 0 Å². The Hall–Kier alpha value is -2.57. The number of amides is 3. The minimum absolute atomic E-state index is 0.126. The Bertz CT molecular complexity index is 531. The molecule has 7 heteroatoms. The van der Waals surface area contributed by atoms with E-state index in [1.54, 1.807) is 18.2 Å². The molecule has 0 saturated heterocycles. The normalized spacial score (nSPS) is 11.3. The molecule has 1 aromatic carbocycles. The molecular weight excluding hydrogens is 274 g/mol. The number of nitrogens with two attached hydrogens (primary N) is 1. The highest BCUT2D eigenvalue weighted by Gasteiger charge is 2.19. The molecule has 0 aliphatic carbocycles. The van der Waals surface area contributed by atoms with Gasteiger partial charge in [0.05, 0.1) is 0 Å². The molecule has 1 unspecified atom stereocenters. The van der Waals surface area contributed by atoms with Crippen LogP contribution in [0.15, 0.2) is 24.3 Å². The van der Waals surface area contributed by atoms with Crippen molar-refractivity contribution in [3.63, 3.8) is 0 Å². The zero-order valence-corrected chi connectivity index (χ0v) is 12.0. The van der Waals surface area contributed by atoms with Crippen molar-refractivity contribution in [3.8, 4) is 0 Å². The first kappa shape index (κ1) is 16.5. The van der Waals surface area contributed by atoms with Crippen molar-refractivity contribution in [1.29, 1.82) is 0 Å². The fraction of sp³-hybridized carbons (Fsp3) is 0.357. The molecule has 1 atom stereocenters. The van der Waals surface area contributed by atoms with Crippen LogP contribution in [0.4, 0.5) is 10.5 Å². The third-order valence-corrected chi connectivity index (χ3v) is 2.71. The number of nitrogen functional groups attached to an aromatic ring is 1. The van der Waals surface area contributed by atoms with Crippen LogP contribution in [-0.4, -0.2) is 31.1 Å². The molecule has 7 nitrogen and oxygen atoms in total. The van der Waals surface area contributed by atoms with Crippen LogP contribution >= 0.6 is 0 Å². The van der Waals surface area contributed by atoms with Gasteiger partial charge in [0.1, 0.15) is 0 Å². The first-order valence-corrected chi connectivity index (χ1v) is 6.49. The number of urea groups is 1. The molecule has 0 aromatic heterocycles. The maximum atomic E-state index is 11.6. The van der Waals surface area contributed by atoms with Crippen molar-refractivity contribution in [2.75, 3.05) is 12.8 Å². The van der Waals surface area contributed by atoms with E-state index in [1.807, 2.05) is 11.4 Å². The number of carbonyl (C=O) groups excluding carboxylic acids is 3. The van der Waals surface area contributed by atoms with Crippen LogP contribution in [0.5, 0.6) is 0 Å². The van der Waals surface area contributed by atoms with Gasteiger partial charge in [-0.1, -0.05) is 12.1 Å². The maximum absolute atomic E-state index is 11.6. The Morgan fingerprint density at radius 1 is 1.33 bits per heavy atom. The van der Waals surface area contributed by atoms with Gasteiger partial charge in [-0.05, 0) is 31.0 Å². The second-order valence-corrected chi connectivity index (χ2v) is 4.45. The molecule has 4 N–H and O–H groups in total. The third kappa shape index (κ3) is 5.94. The van der Waals surface area contributed by atoms with Gasteiger partial charge in [0.25, 0.3) is 5.91 Å². The monoisotopic (exact) mass is 293 g/mol. The van der Waals surface area contributed by atoms with E-state index in [9.17, 15) is 14.4 Å². The minimum atomic E-state index is -1.03. The minimum Gasteiger partial charge on any atom is -0.453 e. The molecule has 0 fully saturated rings. The van der Waals surface area contributed by atoms with Gasteiger partial charge < -0.3 is 15.8 Å². The number of anilines is 1. The standard InChI is InChI=1S/C14H19N3O4/c1-9(13(19)17-14(20)16-2)21-12(18)7-6-10-4-3-5-11(15)8-10/h3-5,8-9H,6-7,15H2,1-2H3,(H2,16,17,19,20). The van der Waals surface area contributed by atoms with Crippen molar-refractivity contribution < 1.29 is 19.1 Å². The van der Waals surface area contributed by atoms with E-state index in [4.69, 9.17) is 10.5 Å². The quantitative estimate of drug-likeness (QED) is 0.543. The smallest absolute Gasteiger partial charge is 0.321 e. The van der Waals surface area contributed by atoms with Gasteiger partial charge in [0, 0.05) is 19.2 Å². The highest BCUT2D eigenvalue weighted by Crippen LogP contribution is 2.09. The van der Waals surface area contributed by atoms with Crippen molar-refractivity contribution in [1.82, 2.24) is 10.6 Å². The lowest BCUT2D eigenvalue weighted by Crippen LogP contribution is -2.43. The largest absolute Gasteiger partial charge is 0.453 e. The zero-order valence-electron chi connectivity index (χ0n) is 12.0. The molecule has 0 radical (unpaired) electrons. The number of ether oxygens (including phenoxy) is 1. The molecule has 21 heavy (non-hydrogen) atoms. The zero-order chi connectivity index (χ0) is 15.8. The van der Waals surface area contributed by atoms with Gasteiger partial charge in [-0.2, -0.15) is 0 Å². The predicted molar refractivity (Wildman–Crippen MR) is 77.3 cm³/mol. The molecule has 1 rings (SSSR count). The maximum Gasteiger partial charge on any atom is 0.321 e. The number of rotatable bonds is 5. The Kier molecular flexibility index (Phi) is 6.19. The van der Waals surface area contributed by atoms with Crippen molar-refractivity contribution in [2.24, 2.45) is 0 Å². The summed E-state index contributed by atoms with van der Waals surface area (Å²) in [6.07, 6.45) is -0.440. The number of imide groups is 1. The van der Waals surface area contributed by atoms with Gasteiger partial charge in [-0.25, -0.2) is 4.79 Å². The Labute approximate surface area is 122 Å². The molecule has 1 aromatic rings. The first-order valence-electron chi connectivity index (χ1n) is 6.49. The fourth-order valence-electron chi connectivity index (χ4n) is 1.58. The summed E-state index contributed by atoms with van der Waals surface area (Å²) in [6.45, 7) is 1.40. The second kappa shape index (κ2) is 7.88. The number of hydrogen-bond acceptors (Lipinski definition) is 5. The number of hydrogen-bond donors (Lipinski definition) is 3. The summed E-state index contributed by atoms with van der Waals surface area (Å²) in [6, 6.07) is 6.53. The summed E-state index contributed by atoms with van der Waals surface area (Å²) in [5.74, 6) is -1.19. The highest BCUT2D eigenvalue weighted by molar-refractivity contribution is 5.96. The van der Waals surface area contributed by atoms with Gasteiger partial charge >= 0.3 is 12.0 Å². The van der Waals surface area contributed by atoms with E-state index in [0.29, 0.717) is 12.1 Å². The van der Waals surface area contributed by atoms with Crippen molar-refractivity contribution in [2.45, 2.75) is 25.9 Å². The van der Waals surface area contributed by atoms with E-state index >= 15 is 0 Å². The third-order valence-electron chi connectivity index (χ3n) is 2.71. The SMILES string of the molecule is CNC(=O)NC(=O)C(C)OC(=O)CCc1cccc(N)c1. The van der Waals surface area contributed by atoms with Crippen LogP contribution < -0.4 is 16.4 Å². The predicted octanol–water partition coefficient (Wildman–Crippen LogP) is 0.589. The lowest BCUT2D eigenvalue weighted by atomic mass is 10.1. The fourth-order valence-corrected chi connectivity index (χ4v) is 1.58. The van der Waals surface area contributed by atoms with Gasteiger partial charge in [-0.3, -0.25) is 14.9 Å². The van der Waals surface area contributed by atoms with E-state index < -0.39 is 24.0 Å². The van der Waals surface area contributed by atoms with E-state index in [1.165, 1.54) is 14.0 Å². The average molecular weight is 293 g/mol. The molecule has 0 saturated carbocycles. The summed E-state index contributed by atoms with van der Waals surface area (Å²) in [5, 5.41) is 4.27. The highest BCUT2D eigenvalue weighted by atomic mass is 16.5. The molecule has 0 heterocycles. The van der Waals surface area contributed by atoms with Crippen LogP contribution in [0.3, 0.4) is 0 Å². The number of benzene rings is 1. The summed E-state index contributed by atoms with van der Waals surface area (Å²) >= 11 is 0. The molecule has 3 amide bonds. The van der Waals surface area contributed by atoms with E-state index in [-0.39, 0.29) is 6.42 Å². The van der Waals surface area contributed by atoms with Crippen LogP contribution in [0.2, 0.25) is 0 Å². The molecule has 0 aliphatic rings. The Balaban J connectivity index is 2.39. The summed E-state index contributed by atoms with van der Waals surface area (Å²) in [5.41, 5.74) is 7.17. The van der Waals surface area contributed by atoms with E-state index in [0.717, 1.165) is 5.56 Å². The molecule has 0 spiro atoms. The van der Waals surface area contributed by atoms with E-state index in [2.05, 4.69) is 5.32 Å². The van der Waals surface area contributed by atoms with Gasteiger partial charge in [-0.15, -0.1) is 0 Å². The molecule has 114 valence electrons. The molecule has 0 aliphatic heterocycles. The summed E-state index contributed by atoms with van der Waals surface area (Å²) in [4.78, 5) is 34.1. The number of nitrogens with one attached hydrogen (secondary N) is 2. The summed E-state index contributed by atoms with van der Waals surface area (Å²) < 4.78 is 4.95. The lowest BCUT2D eigenvalue weighted by molar-refractivity contribution is -0.154. The van der Waals surface area contributed by atoms with Crippen molar-refractivity contribution in [3.05, 3.63) is 29.8 Å². The second-order valence-electron chi connectivity index (χ2n) is 4.45. The first-order chi connectivity index (χ1) is 9.92. The van der Waals surface area contributed by atoms with Crippen LogP contribution in [0.25, 0.3) is 0 Å². The van der Waals surface area contributed by atoms with Crippen molar-refractivity contribution >= 4 is 23.6 Å². The number of aryl methyl sites for hydroxylation is 1. The number of carbonyl (C=O) groups is 3. The van der Waals surface area contributed by atoms with Crippen LogP contribution in [-0.2, 0) is 20.7 Å². The van der Waals surface area contributed by atoms with Gasteiger partial charge in [0.15, 0.2) is 6.10 Å². The lowest BCUT2D eigenvalue weighted by Gasteiger charge is -2.12. The molecular formula is C14H19N3O4. The van der Waals surface area contributed by atoms with Gasteiger partial charge in [0.2, 0.25) is 0 Å². The summed E-state index contributed by atoms with van der Waals surface area (Å²) in [7, 11) is 1.38. The topological polar surface area (TPSA) is 111 Å². The Morgan fingerprint density at radius 2 is 2.05 bits per heavy atom. The average Bonchev–Trinajstić information content (AvgIpc) is 2.45. The van der Waals surface area contributed by atoms with Crippen LogP contribution in [0.1, 0.15) is 18.9 Å². The Morgan fingerprint density at radius 3 is 2.67 bits per heavy atom. The number of esters is 1.